The second-order valence-corrected chi connectivity index (χ2v) is 8.88. The standard InChI is InChI=1S/C28H26N4O4/c33-24(29-22-13-7-14-23(17-22)30-16-8-15-25(30)34)19-32-27(35)26(21-11-5-2-6-12-21)31(28(32)36)18-20-9-3-1-4-10-20/h1-7,9-14,17,26H,8,15-16,18-19H2,(H,29,33). The van der Waals surface area contributed by atoms with Crippen molar-refractivity contribution in [1.82, 2.24) is 9.80 Å². The molecule has 3 aromatic carbocycles. The third kappa shape index (κ3) is 4.70. The monoisotopic (exact) mass is 482 g/mol. The van der Waals surface area contributed by atoms with Gasteiger partial charge in [-0.3, -0.25) is 19.3 Å². The molecule has 36 heavy (non-hydrogen) atoms. The molecule has 0 spiro atoms. The average molecular weight is 483 g/mol. The highest BCUT2D eigenvalue weighted by molar-refractivity contribution is 6.08. The molecule has 0 bridgehead atoms. The fourth-order valence-electron chi connectivity index (χ4n) is 4.70. The first kappa shape index (κ1) is 23.3. The summed E-state index contributed by atoms with van der Waals surface area (Å²) in [5.41, 5.74) is 2.79. The number of carbonyl (C=O) groups is 4. The van der Waals surface area contributed by atoms with Crippen molar-refractivity contribution in [1.29, 1.82) is 0 Å². The Balaban J connectivity index is 1.33. The number of nitrogens with one attached hydrogen (secondary N) is 1. The lowest BCUT2D eigenvalue weighted by Crippen LogP contribution is -2.38. The lowest BCUT2D eigenvalue weighted by molar-refractivity contribution is -0.131. The highest BCUT2D eigenvalue weighted by Crippen LogP contribution is 2.32. The number of hydrogen-bond donors (Lipinski definition) is 1. The van der Waals surface area contributed by atoms with E-state index in [-0.39, 0.29) is 12.5 Å². The fourth-order valence-corrected chi connectivity index (χ4v) is 4.70. The molecule has 2 heterocycles. The van der Waals surface area contributed by atoms with Gasteiger partial charge in [0, 0.05) is 30.9 Å². The van der Waals surface area contributed by atoms with Crippen molar-refractivity contribution in [3.63, 3.8) is 0 Å². The Morgan fingerprint density at radius 1 is 0.889 bits per heavy atom. The summed E-state index contributed by atoms with van der Waals surface area (Å²) in [5, 5.41) is 2.77. The zero-order valence-electron chi connectivity index (χ0n) is 19.7. The summed E-state index contributed by atoms with van der Waals surface area (Å²) < 4.78 is 0. The highest BCUT2D eigenvalue weighted by atomic mass is 16.2. The number of urea groups is 1. The van der Waals surface area contributed by atoms with Gasteiger partial charge in [-0.2, -0.15) is 0 Å². The van der Waals surface area contributed by atoms with E-state index >= 15 is 0 Å². The third-order valence-corrected chi connectivity index (χ3v) is 6.42. The van der Waals surface area contributed by atoms with Crippen LogP contribution in [0.15, 0.2) is 84.9 Å². The maximum Gasteiger partial charge on any atom is 0.328 e. The number of hydrogen-bond acceptors (Lipinski definition) is 4. The van der Waals surface area contributed by atoms with E-state index in [0.29, 0.717) is 29.9 Å². The maximum atomic E-state index is 13.4. The first-order valence-electron chi connectivity index (χ1n) is 11.9. The summed E-state index contributed by atoms with van der Waals surface area (Å²) >= 11 is 0. The maximum absolute atomic E-state index is 13.4. The largest absolute Gasteiger partial charge is 0.328 e. The number of benzene rings is 3. The highest BCUT2D eigenvalue weighted by Gasteiger charge is 2.46. The van der Waals surface area contributed by atoms with Crippen molar-refractivity contribution in [3.05, 3.63) is 96.1 Å². The van der Waals surface area contributed by atoms with Gasteiger partial charge in [0.1, 0.15) is 12.6 Å². The van der Waals surface area contributed by atoms with Crippen molar-refractivity contribution in [2.45, 2.75) is 25.4 Å². The van der Waals surface area contributed by atoms with Crippen molar-refractivity contribution in [2.75, 3.05) is 23.3 Å². The molecule has 1 unspecified atom stereocenters. The molecule has 5 amide bonds. The van der Waals surface area contributed by atoms with Gasteiger partial charge in [0.2, 0.25) is 11.8 Å². The van der Waals surface area contributed by atoms with Crippen molar-refractivity contribution in [2.24, 2.45) is 0 Å². The molecular weight excluding hydrogens is 456 g/mol. The number of nitrogens with zero attached hydrogens (tertiary/aromatic N) is 3. The molecule has 2 fully saturated rings. The van der Waals surface area contributed by atoms with E-state index in [1.165, 1.54) is 4.90 Å². The lowest BCUT2D eigenvalue weighted by Gasteiger charge is -2.22. The molecule has 0 aromatic heterocycles. The molecule has 2 saturated heterocycles. The Morgan fingerprint density at radius 3 is 2.31 bits per heavy atom. The first-order valence-corrected chi connectivity index (χ1v) is 11.9. The average Bonchev–Trinajstić information content (AvgIpc) is 3.42. The predicted octanol–water partition coefficient (Wildman–Crippen LogP) is 3.96. The van der Waals surface area contributed by atoms with Crippen LogP contribution >= 0.6 is 0 Å². The van der Waals surface area contributed by atoms with Crippen LogP contribution in [-0.4, -0.2) is 46.6 Å². The van der Waals surface area contributed by atoms with Crippen LogP contribution in [0.2, 0.25) is 0 Å². The number of amides is 5. The zero-order chi connectivity index (χ0) is 25.1. The third-order valence-electron chi connectivity index (χ3n) is 6.42. The fraction of sp³-hybridized carbons (Fsp3) is 0.214. The molecule has 8 nitrogen and oxygen atoms in total. The van der Waals surface area contributed by atoms with E-state index in [1.54, 1.807) is 23.1 Å². The van der Waals surface area contributed by atoms with Crippen molar-refractivity contribution < 1.29 is 19.2 Å². The molecule has 182 valence electrons. The van der Waals surface area contributed by atoms with Crippen LogP contribution in [-0.2, 0) is 20.9 Å². The van der Waals surface area contributed by atoms with Gasteiger partial charge in [-0.25, -0.2) is 4.79 Å². The number of anilines is 2. The van der Waals surface area contributed by atoms with Crippen LogP contribution in [0.4, 0.5) is 16.2 Å². The van der Waals surface area contributed by atoms with Gasteiger partial charge >= 0.3 is 6.03 Å². The molecule has 3 aromatic rings. The minimum absolute atomic E-state index is 0.0530. The minimum Gasteiger partial charge on any atom is -0.324 e. The van der Waals surface area contributed by atoms with E-state index in [9.17, 15) is 19.2 Å². The van der Waals surface area contributed by atoms with E-state index in [0.717, 1.165) is 16.9 Å². The molecule has 0 aliphatic carbocycles. The number of rotatable bonds is 7. The van der Waals surface area contributed by atoms with Gasteiger partial charge in [-0.1, -0.05) is 66.7 Å². The quantitative estimate of drug-likeness (QED) is 0.516. The lowest BCUT2D eigenvalue weighted by atomic mass is 10.1. The van der Waals surface area contributed by atoms with Crippen LogP contribution in [0.25, 0.3) is 0 Å². The van der Waals surface area contributed by atoms with Crippen LogP contribution in [0.1, 0.15) is 30.0 Å². The smallest absolute Gasteiger partial charge is 0.324 e. The summed E-state index contributed by atoms with van der Waals surface area (Å²) in [6.07, 6.45) is 1.31. The van der Waals surface area contributed by atoms with Gasteiger partial charge < -0.3 is 15.1 Å². The van der Waals surface area contributed by atoms with Gasteiger partial charge in [0.15, 0.2) is 0 Å². The SMILES string of the molecule is O=C(CN1C(=O)C(c2ccccc2)N(Cc2ccccc2)C1=O)Nc1cccc(N2CCCC2=O)c1. The van der Waals surface area contributed by atoms with E-state index in [2.05, 4.69) is 5.32 Å². The summed E-state index contributed by atoms with van der Waals surface area (Å²) in [5.74, 6) is -0.874. The van der Waals surface area contributed by atoms with Crippen LogP contribution in [0.3, 0.4) is 0 Å². The molecule has 1 N–H and O–H groups in total. The van der Waals surface area contributed by atoms with Crippen LogP contribution in [0, 0.1) is 0 Å². The van der Waals surface area contributed by atoms with E-state index < -0.39 is 30.4 Å². The van der Waals surface area contributed by atoms with Crippen molar-refractivity contribution in [3.8, 4) is 0 Å². The van der Waals surface area contributed by atoms with E-state index in [1.807, 2.05) is 66.7 Å². The molecule has 0 radical (unpaired) electrons. The molecule has 2 aliphatic rings. The Hall–Kier alpha value is -4.46. The first-order chi connectivity index (χ1) is 17.5. The van der Waals surface area contributed by atoms with Gasteiger partial charge in [-0.05, 0) is 35.7 Å². The normalized spacial score (nSPS) is 17.7. The Kier molecular flexibility index (Phi) is 6.49. The molecule has 2 aliphatic heterocycles. The molecule has 8 heteroatoms. The predicted molar refractivity (Wildman–Crippen MR) is 135 cm³/mol. The summed E-state index contributed by atoms with van der Waals surface area (Å²) in [6.45, 7) is 0.485. The second-order valence-electron chi connectivity index (χ2n) is 8.88. The molecular formula is C28H26N4O4. The second kappa shape index (κ2) is 10.0. The van der Waals surface area contributed by atoms with Gasteiger partial charge in [0.25, 0.3) is 5.91 Å². The summed E-state index contributed by atoms with van der Waals surface area (Å²) in [4.78, 5) is 55.9. The van der Waals surface area contributed by atoms with Gasteiger partial charge in [-0.15, -0.1) is 0 Å². The Bertz CT molecular complexity index is 1300. The van der Waals surface area contributed by atoms with Crippen molar-refractivity contribution >= 4 is 35.1 Å². The Labute approximate surface area is 209 Å². The molecule has 0 saturated carbocycles. The van der Waals surface area contributed by atoms with E-state index in [4.69, 9.17) is 0 Å². The minimum atomic E-state index is -0.809. The Morgan fingerprint density at radius 2 is 1.61 bits per heavy atom. The molecule has 5 rings (SSSR count). The number of carbonyl (C=O) groups excluding carboxylic acids is 4. The zero-order valence-corrected chi connectivity index (χ0v) is 19.7. The summed E-state index contributed by atoms with van der Waals surface area (Å²) in [6, 6.07) is 24.2. The topological polar surface area (TPSA) is 90.0 Å². The number of imide groups is 1. The van der Waals surface area contributed by atoms with Gasteiger partial charge in [0.05, 0.1) is 0 Å². The molecule has 1 atom stereocenters. The summed E-state index contributed by atoms with van der Waals surface area (Å²) in [7, 11) is 0. The van der Waals surface area contributed by atoms with Crippen LogP contribution in [0.5, 0.6) is 0 Å². The van der Waals surface area contributed by atoms with Crippen LogP contribution < -0.4 is 10.2 Å².